The second-order valence-electron chi connectivity index (χ2n) is 5.98. The second kappa shape index (κ2) is 6.22. The molecule has 2 aliphatic rings. The van der Waals surface area contributed by atoms with Gasteiger partial charge in [0.25, 0.3) is 0 Å². The maximum absolute atomic E-state index is 5.72. The van der Waals surface area contributed by atoms with Crippen molar-refractivity contribution in [2.75, 3.05) is 49.7 Å². The SMILES string of the molecule is CC1(C)OCC(Nc2ccccc2N2CCOCC2)CO1. The summed E-state index contributed by atoms with van der Waals surface area (Å²) < 4.78 is 16.9. The molecule has 1 aromatic rings. The number of morpholine rings is 1. The van der Waals surface area contributed by atoms with E-state index in [1.165, 1.54) is 5.69 Å². The molecule has 3 rings (SSSR count). The van der Waals surface area contributed by atoms with E-state index >= 15 is 0 Å². The van der Waals surface area contributed by atoms with Crippen LogP contribution >= 0.6 is 0 Å². The molecule has 0 unspecified atom stereocenters. The minimum atomic E-state index is -0.470. The second-order valence-corrected chi connectivity index (χ2v) is 5.98. The highest BCUT2D eigenvalue weighted by Gasteiger charge is 2.28. The van der Waals surface area contributed by atoms with Crippen LogP contribution in [-0.2, 0) is 14.2 Å². The van der Waals surface area contributed by atoms with Crippen molar-refractivity contribution in [1.29, 1.82) is 0 Å². The van der Waals surface area contributed by atoms with Crippen LogP contribution in [0.15, 0.2) is 24.3 Å². The topological polar surface area (TPSA) is 43.0 Å². The molecule has 2 fully saturated rings. The summed E-state index contributed by atoms with van der Waals surface area (Å²) >= 11 is 0. The number of benzene rings is 1. The van der Waals surface area contributed by atoms with Gasteiger partial charge in [-0.25, -0.2) is 0 Å². The van der Waals surface area contributed by atoms with Crippen molar-refractivity contribution in [3.8, 4) is 0 Å². The monoisotopic (exact) mass is 292 g/mol. The van der Waals surface area contributed by atoms with E-state index in [-0.39, 0.29) is 6.04 Å². The molecule has 5 nitrogen and oxygen atoms in total. The molecule has 0 saturated carbocycles. The highest BCUT2D eigenvalue weighted by atomic mass is 16.7. The van der Waals surface area contributed by atoms with Gasteiger partial charge in [-0.15, -0.1) is 0 Å². The van der Waals surface area contributed by atoms with Crippen LogP contribution in [0.1, 0.15) is 13.8 Å². The molecule has 1 N–H and O–H groups in total. The molecule has 1 aromatic carbocycles. The van der Waals surface area contributed by atoms with Crippen LogP contribution in [0, 0.1) is 0 Å². The van der Waals surface area contributed by atoms with Gasteiger partial charge >= 0.3 is 0 Å². The molecule has 2 heterocycles. The summed E-state index contributed by atoms with van der Waals surface area (Å²) in [6.45, 7) is 8.66. The van der Waals surface area contributed by atoms with Gasteiger partial charge in [0, 0.05) is 13.1 Å². The number of ether oxygens (including phenoxy) is 3. The van der Waals surface area contributed by atoms with Crippen molar-refractivity contribution in [3.05, 3.63) is 24.3 Å². The summed E-state index contributed by atoms with van der Waals surface area (Å²) in [5, 5.41) is 3.55. The van der Waals surface area contributed by atoms with E-state index in [4.69, 9.17) is 14.2 Å². The average Bonchev–Trinajstić information content (AvgIpc) is 2.51. The van der Waals surface area contributed by atoms with Crippen LogP contribution in [-0.4, -0.2) is 51.3 Å². The Balaban J connectivity index is 1.68. The number of hydrogen-bond donors (Lipinski definition) is 1. The van der Waals surface area contributed by atoms with Crippen LogP contribution < -0.4 is 10.2 Å². The van der Waals surface area contributed by atoms with E-state index in [1.54, 1.807) is 0 Å². The number of nitrogens with zero attached hydrogens (tertiary/aromatic N) is 1. The number of anilines is 2. The van der Waals surface area contributed by atoms with Crippen LogP contribution in [0.5, 0.6) is 0 Å². The van der Waals surface area contributed by atoms with Crippen molar-refractivity contribution in [3.63, 3.8) is 0 Å². The first-order valence-corrected chi connectivity index (χ1v) is 7.60. The number of hydrogen-bond acceptors (Lipinski definition) is 5. The quantitative estimate of drug-likeness (QED) is 0.924. The standard InChI is InChI=1S/C16H24N2O3/c1-16(2)20-11-13(12-21-16)17-14-5-3-4-6-15(14)18-7-9-19-10-8-18/h3-6,13,17H,7-12H2,1-2H3. The minimum Gasteiger partial charge on any atom is -0.378 e. The summed E-state index contributed by atoms with van der Waals surface area (Å²) in [5.74, 6) is -0.470. The maximum Gasteiger partial charge on any atom is 0.162 e. The highest BCUT2D eigenvalue weighted by molar-refractivity contribution is 5.70. The molecule has 2 saturated heterocycles. The molecule has 0 spiro atoms. The van der Waals surface area contributed by atoms with Crippen molar-refractivity contribution < 1.29 is 14.2 Å². The Kier molecular flexibility index (Phi) is 4.33. The Labute approximate surface area is 126 Å². The van der Waals surface area contributed by atoms with E-state index in [2.05, 4.69) is 34.5 Å². The molecule has 0 bridgehead atoms. The van der Waals surface area contributed by atoms with E-state index in [9.17, 15) is 0 Å². The number of para-hydroxylation sites is 2. The van der Waals surface area contributed by atoms with E-state index in [0.29, 0.717) is 13.2 Å². The molecule has 5 heteroatoms. The van der Waals surface area contributed by atoms with Crippen LogP contribution in [0.4, 0.5) is 11.4 Å². The van der Waals surface area contributed by atoms with Gasteiger partial charge in [-0.2, -0.15) is 0 Å². The van der Waals surface area contributed by atoms with Crippen molar-refractivity contribution in [2.24, 2.45) is 0 Å². The van der Waals surface area contributed by atoms with Crippen LogP contribution in [0.25, 0.3) is 0 Å². The normalized spacial score (nSPS) is 23.0. The summed E-state index contributed by atoms with van der Waals surface area (Å²) in [7, 11) is 0. The lowest BCUT2D eigenvalue weighted by atomic mass is 10.2. The number of nitrogens with one attached hydrogen (secondary N) is 1. The molecule has 0 atom stereocenters. The zero-order valence-electron chi connectivity index (χ0n) is 12.8. The third kappa shape index (κ3) is 3.67. The minimum absolute atomic E-state index is 0.181. The van der Waals surface area contributed by atoms with Gasteiger partial charge in [0.1, 0.15) is 0 Å². The Morgan fingerprint density at radius 3 is 2.48 bits per heavy atom. The molecule has 0 aromatic heterocycles. The summed E-state index contributed by atoms with van der Waals surface area (Å²) in [5.41, 5.74) is 2.36. The smallest absolute Gasteiger partial charge is 0.162 e. The lowest BCUT2D eigenvalue weighted by Crippen LogP contribution is -2.45. The van der Waals surface area contributed by atoms with Gasteiger partial charge in [0.05, 0.1) is 43.8 Å². The highest BCUT2D eigenvalue weighted by Crippen LogP contribution is 2.28. The Hall–Kier alpha value is -1.30. The third-order valence-electron chi connectivity index (χ3n) is 3.88. The van der Waals surface area contributed by atoms with E-state index in [1.807, 2.05) is 13.8 Å². The Morgan fingerprint density at radius 2 is 1.76 bits per heavy atom. The predicted octanol–water partition coefficient (Wildman–Crippen LogP) is 2.09. The lowest BCUT2D eigenvalue weighted by Gasteiger charge is -2.37. The molecule has 0 radical (unpaired) electrons. The zero-order valence-corrected chi connectivity index (χ0v) is 12.8. The van der Waals surface area contributed by atoms with Crippen LogP contribution in [0.3, 0.4) is 0 Å². The fraction of sp³-hybridized carbons (Fsp3) is 0.625. The maximum atomic E-state index is 5.72. The van der Waals surface area contributed by atoms with E-state index < -0.39 is 5.79 Å². The molecular weight excluding hydrogens is 268 g/mol. The van der Waals surface area contributed by atoms with Crippen molar-refractivity contribution in [2.45, 2.75) is 25.7 Å². The summed E-state index contributed by atoms with van der Waals surface area (Å²) in [4.78, 5) is 2.36. The van der Waals surface area contributed by atoms with Gasteiger partial charge in [-0.05, 0) is 26.0 Å². The van der Waals surface area contributed by atoms with Gasteiger partial charge in [0.2, 0.25) is 0 Å². The van der Waals surface area contributed by atoms with E-state index in [0.717, 1.165) is 32.0 Å². The third-order valence-corrected chi connectivity index (χ3v) is 3.88. The van der Waals surface area contributed by atoms with Gasteiger partial charge in [-0.3, -0.25) is 0 Å². The molecule has 116 valence electrons. The van der Waals surface area contributed by atoms with Gasteiger partial charge < -0.3 is 24.4 Å². The van der Waals surface area contributed by atoms with Gasteiger partial charge in [0.15, 0.2) is 5.79 Å². The van der Waals surface area contributed by atoms with Gasteiger partial charge in [-0.1, -0.05) is 12.1 Å². The fourth-order valence-corrected chi connectivity index (χ4v) is 2.67. The molecule has 0 amide bonds. The first-order valence-electron chi connectivity index (χ1n) is 7.60. The zero-order chi connectivity index (χ0) is 14.7. The first kappa shape index (κ1) is 14.6. The first-order chi connectivity index (χ1) is 10.1. The Morgan fingerprint density at radius 1 is 1.10 bits per heavy atom. The van der Waals surface area contributed by atoms with Crippen molar-refractivity contribution in [1.82, 2.24) is 0 Å². The lowest BCUT2D eigenvalue weighted by molar-refractivity contribution is -0.247. The molecular formula is C16H24N2O3. The van der Waals surface area contributed by atoms with Crippen LogP contribution in [0.2, 0.25) is 0 Å². The Bertz CT molecular complexity index is 462. The average molecular weight is 292 g/mol. The number of rotatable bonds is 3. The molecule has 21 heavy (non-hydrogen) atoms. The largest absolute Gasteiger partial charge is 0.378 e. The summed E-state index contributed by atoms with van der Waals surface area (Å²) in [6.07, 6.45) is 0. The molecule has 0 aliphatic carbocycles. The fourth-order valence-electron chi connectivity index (χ4n) is 2.67. The molecule has 2 aliphatic heterocycles. The van der Waals surface area contributed by atoms with Crippen molar-refractivity contribution >= 4 is 11.4 Å². The predicted molar refractivity (Wildman–Crippen MR) is 82.9 cm³/mol. The summed E-state index contributed by atoms with van der Waals surface area (Å²) in [6, 6.07) is 8.58.